The van der Waals surface area contributed by atoms with Gasteiger partial charge in [-0.1, -0.05) is 184 Å². The largest absolute Gasteiger partial charge is 0.457 e. The molecular formula is C47H84O4. The topological polar surface area (TPSA) is 55.8 Å². The number of aliphatic hydroxyl groups excluding tert-OH is 1. The Morgan fingerprint density at radius 3 is 1.35 bits per heavy atom. The summed E-state index contributed by atoms with van der Waals surface area (Å²) in [7, 11) is 0. The van der Waals surface area contributed by atoms with E-state index < -0.39 is 6.10 Å². The summed E-state index contributed by atoms with van der Waals surface area (Å²) in [6, 6.07) is 0. The zero-order valence-corrected chi connectivity index (χ0v) is 33.9. The van der Waals surface area contributed by atoms with Crippen LogP contribution in [0.15, 0.2) is 60.8 Å². The third-order valence-electron chi connectivity index (χ3n) is 9.33. The van der Waals surface area contributed by atoms with Crippen molar-refractivity contribution < 1.29 is 19.4 Å². The van der Waals surface area contributed by atoms with E-state index in [1.807, 2.05) is 0 Å². The lowest BCUT2D eigenvalue weighted by molar-refractivity contribution is -0.154. The van der Waals surface area contributed by atoms with Crippen LogP contribution in [0.5, 0.6) is 0 Å². The number of rotatable bonds is 40. The average Bonchev–Trinajstić information content (AvgIpc) is 3.14. The SMILES string of the molecule is CC/C=C\C/C=C\C/C=C\C/C=C\CCCCCCCCCCCCC(=O)OC(CO)COCCCCCCCC/C=C\CCCCCCCC. The molecule has 4 nitrogen and oxygen atoms in total. The molecule has 1 N–H and O–H groups in total. The van der Waals surface area contributed by atoms with E-state index in [9.17, 15) is 9.90 Å². The minimum absolute atomic E-state index is 0.177. The number of allylic oxidation sites excluding steroid dienone is 10. The van der Waals surface area contributed by atoms with Crippen molar-refractivity contribution in [2.45, 2.75) is 213 Å². The minimum Gasteiger partial charge on any atom is -0.457 e. The molecular weight excluding hydrogens is 629 g/mol. The highest BCUT2D eigenvalue weighted by Gasteiger charge is 2.13. The smallest absolute Gasteiger partial charge is 0.306 e. The Labute approximate surface area is 317 Å². The van der Waals surface area contributed by atoms with E-state index in [2.05, 4.69) is 74.6 Å². The molecule has 51 heavy (non-hydrogen) atoms. The second kappa shape index (κ2) is 44.3. The molecule has 0 fully saturated rings. The Morgan fingerprint density at radius 2 is 0.882 bits per heavy atom. The van der Waals surface area contributed by atoms with E-state index in [4.69, 9.17) is 9.47 Å². The molecule has 0 aromatic carbocycles. The second-order valence-corrected chi connectivity index (χ2v) is 14.4. The van der Waals surface area contributed by atoms with Gasteiger partial charge in [0.1, 0.15) is 6.10 Å². The fraction of sp³-hybridized carbons (Fsp3) is 0.766. The summed E-state index contributed by atoms with van der Waals surface area (Å²) < 4.78 is 11.2. The van der Waals surface area contributed by atoms with Crippen LogP contribution in [0.25, 0.3) is 0 Å². The number of aliphatic hydroxyl groups is 1. The lowest BCUT2D eigenvalue weighted by Crippen LogP contribution is -2.27. The number of hydrogen-bond donors (Lipinski definition) is 1. The fourth-order valence-corrected chi connectivity index (χ4v) is 6.08. The van der Waals surface area contributed by atoms with E-state index in [0.717, 1.165) is 44.9 Å². The standard InChI is InChI=1S/C47H84O4/c1-3-5-7-9-11-13-15-17-19-21-22-23-24-25-26-27-28-30-32-34-36-38-40-42-47(49)51-46(44-48)45-50-43-41-39-37-35-33-31-29-20-18-16-14-12-10-8-6-4-2/h5,7,11,13,17-20,22-23,46,48H,3-4,6,8-10,12,14-16,21,24-45H2,1-2H3/b7-5-,13-11-,19-17-,20-18-,23-22-. The predicted molar refractivity (Wildman–Crippen MR) is 223 cm³/mol. The monoisotopic (exact) mass is 713 g/mol. The van der Waals surface area contributed by atoms with Crippen molar-refractivity contribution in [1.82, 2.24) is 0 Å². The molecule has 0 saturated carbocycles. The first-order valence-corrected chi connectivity index (χ1v) is 21.9. The van der Waals surface area contributed by atoms with Gasteiger partial charge >= 0.3 is 5.97 Å². The number of unbranched alkanes of at least 4 members (excludes halogenated alkanes) is 22. The van der Waals surface area contributed by atoms with Crippen molar-refractivity contribution in [2.75, 3.05) is 19.8 Å². The summed E-state index contributed by atoms with van der Waals surface area (Å²) in [5.74, 6) is -0.208. The number of carbonyl (C=O) groups is 1. The van der Waals surface area contributed by atoms with E-state index in [1.165, 1.54) is 141 Å². The minimum atomic E-state index is -0.541. The number of ether oxygens (including phenoxy) is 2. The van der Waals surface area contributed by atoms with Gasteiger partial charge in [-0.05, 0) is 77.0 Å². The Kier molecular flexibility index (Phi) is 42.6. The first-order chi connectivity index (χ1) is 25.2. The van der Waals surface area contributed by atoms with E-state index in [0.29, 0.717) is 13.0 Å². The highest BCUT2D eigenvalue weighted by Crippen LogP contribution is 2.14. The summed E-state index contributed by atoms with van der Waals surface area (Å²) >= 11 is 0. The number of carbonyl (C=O) groups excluding carboxylic acids is 1. The van der Waals surface area contributed by atoms with Crippen LogP contribution in [0.2, 0.25) is 0 Å². The molecule has 0 aromatic heterocycles. The van der Waals surface area contributed by atoms with Gasteiger partial charge in [0.15, 0.2) is 0 Å². The molecule has 0 saturated heterocycles. The van der Waals surface area contributed by atoms with Crippen molar-refractivity contribution in [2.24, 2.45) is 0 Å². The average molecular weight is 713 g/mol. The van der Waals surface area contributed by atoms with Crippen LogP contribution in [0.1, 0.15) is 206 Å². The molecule has 4 heteroatoms. The third kappa shape index (κ3) is 42.4. The third-order valence-corrected chi connectivity index (χ3v) is 9.33. The Bertz CT molecular complexity index is 839. The maximum Gasteiger partial charge on any atom is 0.306 e. The van der Waals surface area contributed by atoms with Crippen molar-refractivity contribution in [3.05, 3.63) is 60.8 Å². The second-order valence-electron chi connectivity index (χ2n) is 14.4. The van der Waals surface area contributed by atoms with Crippen molar-refractivity contribution in [3.8, 4) is 0 Å². The summed E-state index contributed by atoms with van der Waals surface area (Å²) in [5, 5.41) is 9.61. The summed E-state index contributed by atoms with van der Waals surface area (Å²) in [6.07, 6.45) is 58.5. The highest BCUT2D eigenvalue weighted by atomic mass is 16.6. The fourth-order valence-electron chi connectivity index (χ4n) is 6.08. The molecule has 296 valence electrons. The molecule has 0 aliphatic heterocycles. The zero-order chi connectivity index (χ0) is 37.0. The molecule has 0 heterocycles. The van der Waals surface area contributed by atoms with Crippen LogP contribution in [-0.4, -0.2) is 37.0 Å². The quantitative estimate of drug-likeness (QED) is 0.0390. The number of esters is 1. The van der Waals surface area contributed by atoms with Crippen LogP contribution in [0.4, 0.5) is 0 Å². The van der Waals surface area contributed by atoms with Gasteiger partial charge in [0.05, 0.1) is 13.2 Å². The summed E-state index contributed by atoms with van der Waals surface area (Å²) in [5.41, 5.74) is 0. The van der Waals surface area contributed by atoms with Gasteiger partial charge in [-0.15, -0.1) is 0 Å². The highest BCUT2D eigenvalue weighted by molar-refractivity contribution is 5.69. The first-order valence-electron chi connectivity index (χ1n) is 21.9. The Balaban J connectivity index is 3.45. The molecule has 0 spiro atoms. The van der Waals surface area contributed by atoms with Crippen molar-refractivity contribution in [1.29, 1.82) is 0 Å². The molecule has 0 rings (SSSR count). The molecule has 0 amide bonds. The Hall–Kier alpha value is -1.91. The lowest BCUT2D eigenvalue weighted by Gasteiger charge is -2.15. The van der Waals surface area contributed by atoms with Gasteiger partial charge in [-0.25, -0.2) is 0 Å². The van der Waals surface area contributed by atoms with Crippen molar-refractivity contribution >= 4 is 5.97 Å². The van der Waals surface area contributed by atoms with Gasteiger partial charge in [-0.2, -0.15) is 0 Å². The van der Waals surface area contributed by atoms with E-state index >= 15 is 0 Å². The van der Waals surface area contributed by atoms with Gasteiger partial charge in [-0.3, -0.25) is 4.79 Å². The predicted octanol–water partition coefficient (Wildman–Crippen LogP) is 14.4. The molecule has 1 atom stereocenters. The van der Waals surface area contributed by atoms with Gasteiger partial charge in [0.2, 0.25) is 0 Å². The van der Waals surface area contributed by atoms with Gasteiger partial charge in [0, 0.05) is 13.0 Å². The van der Waals surface area contributed by atoms with Gasteiger partial charge < -0.3 is 14.6 Å². The summed E-state index contributed by atoms with van der Waals surface area (Å²) in [6.45, 7) is 5.22. The van der Waals surface area contributed by atoms with Crippen molar-refractivity contribution in [3.63, 3.8) is 0 Å². The molecule has 0 bridgehead atoms. The van der Waals surface area contributed by atoms with Gasteiger partial charge in [0.25, 0.3) is 0 Å². The van der Waals surface area contributed by atoms with Crippen LogP contribution in [0.3, 0.4) is 0 Å². The van der Waals surface area contributed by atoms with Crippen LogP contribution >= 0.6 is 0 Å². The molecule has 0 aliphatic carbocycles. The molecule has 0 aliphatic rings. The number of hydrogen-bond acceptors (Lipinski definition) is 4. The maximum absolute atomic E-state index is 12.2. The van der Waals surface area contributed by atoms with E-state index in [-0.39, 0.29) is 19.2 Å². The molecule has 0 aromatic rings. The maximum atomic E-state index is 12.2. The first kappa shape index (κ1) is 49.1. The molecule has 1 unspecified atom stereocenters. The van der Waals surface area contributed by atoms with Crippen LogP contribution < -0.4 is 0 Å². The van der Waals surface area contributed by atoms with Crippen LogP contribution in [0, 0.1) is 0 Å². The Morgan fingerprint density at radius 1 is 0.490 bits per heavy atom. The lowest BCUT2D eigenvalue weighted by atomic mass is 10.0. The zero-order valence-electron chi connectivity index (χ0n) is 33.9. The van der Waals surface area contributed by atoms with E-state index in [1.54, 1.807) is 0 Å². The summed E-state index contributed by atoms with van der Waals surface area (Å²) in [4.78, 5) is 12.2. The normalized spacial score (nSPS) is 12.9. The molecule has 0 radical (unpaired) electrons. The van der Waals surface area contributed by atoms with Crippen LogP contribution in [-0.2, 0) is 14.3 Å².